The zero-order chi connectivity index (χ0) is 22.4. The number of ether oxygens (including phenoxy) is 4. The van der Waals surface area contributed by atoms with E-state index in [0.29, 0.717) is 32.5 Å². The molecule has 8 nitrogen and oxygen atoms in total. The smallest absolute Gasteiger partial charge is 0.229 e. The lowest BCUT2D eigenvalue weighted by Gasteiger charge is -2.43. The maximum atomic E-state index is 13.0. The second-order valence-corrected chi connectivity index (χ2v) is 9.03. The Morgan fingerprint density at radius 3 is 1.94 bits per heavy atom. The van der Waals surface area contributed by atoms with Crippen LogP contribution in [0.15, 0.2) is 48.5 Å². The van der Waals surface area contributed by atoms with E-state index in [2.05, 4.69) is 4.90 Å². The number of amides is 1. The summed E-state index contributed by atoms with van der Waals surface area (Å²) in [6, 6.07) is 15.3. The van der Waals surface area contributed by atoms with Crippen molar-refractivity contribution in [3.8, 4) is 11.5 Å². The number of hydrogen-bond donors (Lipinski definition) is 0. The Bertz CT molecular complexity index is 1050. The number of hydrogen-bond acceptors (Lipinski definition) is 7. The van der Waals surface area contributed by atoms with Crippen molar-refractivity contribution in [1.29, 1.82) is 0 Å². The van der Waals surface area contributed by atoms with Gasteiger partial charge in [0.2, 0.25) is 5.91 Å². The Morgan fingerprint density at radius 1 is 0.848 bits per heavy atom. The van der Waals surface area contributed by atoms with Crippen LogP contribution in [0.5, 0.6) is 11.5 Å². The van der Waals surface area contributed by atoms with Crippen molar-refractivity contribution < 1.29 is 28.5 Å². The Kier molecular flexibility index (Phi) is 4.99. The second-order valence-electron chi connectivity index (χ2n) is 9.03. The van der Waals surface area contributed by atoms with Gasteiger partial charge in [0.25, 0.3) is 0 Å². The van der Waals surface area contributed by atoms with Gasteiger partial charge in [-0.15, -0.1) is 0 Å². The molecule has 4 aliphatic heterocycles. The number of benzene rings is 2. The maximum Gasteiger partial charge on any atom is 0.229 e. The van der Waals surface area contributed by atoms with E-state index in [9.17, 15) is 9.59 Å². The molecule has 0 radical (unpaired) electrons. The quantitative estimate of drug-likeness (QED) is 0.572. The maximum absolute atomic E-state index is 13.0. The van der Waals surface area contributed by atoms with E-state index in [1.807, 2.05) is 48.5 Å². The normalized spacial score (nSPS) is 28.0. The van der Waals surface area contributed by atoms with Crippen LogP contribution >= 0.6 is 0 Å². The molecule has 1 spiro atoms. The van der Waals surface area contributed by atoms with Gasteiger partial charge in [-0.2, -0.15) is 0 Å². The highest BCUT2D eigenvalue weighted by molar-refractivity contribution is 6.02. The molecule has 0 saturated carbocycles. The van der Waals surface area contributed by atoms with E-state index < -0.39 is 5.66 Å². The minimum atomic E-state index is -0.692. The fourth-order valence-electron chi connectivity index (χ4n) is 4.81. The molecule has 1 amide bonds. The first kappa shape index (κ1) is 20.5. The number of epoxide rings is 2. The standard InChI is InChI=1S/C25H26N2O6/c28-19-11-25(26(12-19)17-1-5-20(6-2-17)30-13-22-15-32-22)10-9-24(29)27(25)18-3-7-21(8-4-18)31-14-23-16-33-23/h1-8,22-23H,9-16H2. The van der Waals surface area contributed by atoms with Crippen molar-refractivity contribution in [2.75, 3.05) is 42.8 Å². The van der Waals surface area contributed by atoms with E-state index in [0.717, 1.165) is 36.1 Å². The molecular formula is C25H26N2O6. The van der Waals surface area contributed by atoms with Gasteiger partial charge in [0.1, 0.15) is 42.6 Å². The molecule has 6 rings (SSSR count). The SMILES string of the molecule is O=C1CN(c2ccc(OCC3CO3)cc2)C2(CCC(=O)N2c2ccc(OCC3CO3)cc2)C1. The van der Waals surface area contributed by atoms with Crippen molar-refractivity contribution in [3.05, 3.63) is 48.5 Å². The molecular weight excluding hydrogens is 424 g/mol. The third kappa shape index (κ3) is 4.05. The van der Waals surface area contributed by atoms with Gasteiger partial charge >= 0.3 is 0 Å². The lowest BCUT2D eigenvalue weighted by molar-refractivity contribution is -0.117. The molecule has 33 heavy (non-hydrogen) atoms. The number of Topliss-reactive ketones (excluding diaryl/α,β-unsaturated/α-hetero) is 1. The fourth-order valence-corrected chi connectivity index (χ4v) is 4.81. The number of nitrogens with zero attached hydrogens (tertiary/aromatic N) is 2. The molecule has 3 unspecified atom stereocenters. The van der Waals surface area contributed by atoms with Crippen molar-refractivity contribution in [2.45, 2.75) is 37.1 Å². The minimum absolute atomic E-state index is 0.0270. The highest BCUT2D eigenvalue weighted by Gasteiger charge is 2.55. The number of rotatable bonds is 8. The molecule has 4 aliphatic rings. The third-order valence-corrected chi connectivity index (χ3v) is 6.64. The zero-order valence-corrected chi connectivity index (χ0v) is 18.3. The first-order chi connectivity index (χ1) is 16.1. The monoisotopic (exact) mass is 450 g/mol. The van der Waals surface area contributed by atoms with Crippen LogP contribution in [0, 0.1) is 0 Å². The van der Waals surface area contributed by atoms with Crippen molar-refractivity contribution in [1.82, 2.24) is 0 Å². The largest absolute Gasteiger partial charge is 0.491 e. The average molecular weight is 450 g/mol. The molecule has 172 valence electrons. The Morgan fingerprint density at radius 2 is 1.39 bits per heavy atom. The van der Waals surface area contributed by atoms with Crippen LogP contribution in [-0.4, -0.2) is 62.5 Å². The average Bonchev–Trinajstić information content (AvgIpc) is 3.76. The molecule has 2 aromatic rings. The van der Waals surface area contributed by atoms with Gasteiger partial charge in [-0.3, -0.25) is 14.5 Å². The first-order valence-corrected chi connectivity index (χ1v) is 11.4. The molecule has 2 aromatic carbocycles. The molecule has 4 heterocycles. The second kappa shape index (κ2) is 8.04. The van der Waals surface area contributed by atoms with E-state index >= 15 is 0 Å². The molecule has 0 N–H and O–H groups in total. The highest BCUT2D eigenvalue weighted by atomic mass is 16.6. The van der Waals surface area contributed by atoms with Gasteiger partial charge in [-0.1, -0.05) is 0 Å². The molecule has 0 aromatic heterocycles. The first-order valence-electron chi connectivity index (χ1n) is 11.4. The highest BCUT2D eigenvalue weighted by Crippen LogP contribution is 2.46. The number of carbonyl (C=O) groups excluding carboxylic acids is 2. The summed E-state index contributed by atoms with van der Waals surface area (Å²) in [5.41, 5.74) is 0.986. The van der Waals surface area contributed by atoms with Crippen LogP contribution in [0.25, 0.3) is 0 Å². The summed E-state index contributed by atoms with van der Waals surface area (Å²) < 4.78 is 21.9. The summed E-state index contributed by atoms with van der Waals surface area (Å²) in [5, 5.41) is 0. The van der Waals surface area contributed by atoms with Crippen LogP contribution in [0.3, 0.4) is 0 Å². The van der Waals surface area contributed by atoms with Gasteiger partial charge in [-0.05, 0) is 55.0 Å². The molecule has 4 saturated heterocycles. The molecule has 0 bridgehead atoms. The van der Waals surface area contributed by atoms with E-state index in [-0.39, 0.29) is 30.4 Å². The van der Waals surface area contributed by atoms with Gasteiger partial charge < -0.3 is 23.8 Å². The van der Waals surface area contributed by atoms with Crippen LogP contribution in [0.4, 0.5) is 11.4 Å². The Labute approximate surface area is 192 Å². The van der Waals surface area contributed by atoms with E-state index in [4.69, 9.17) is 18.9 Å². The summed E-state index contributed by atoms with van der Waals surface area (Å²) in [5.74, 6) is 1.66. The van der Waals surface area contributed by atoms with Crippen molar-refractivity contribution in [3.63, 3.8) is 0 Å². The molecule has 8 heteroatoms. The molecule has 0 aliphatic carbocycles. The number of ketones is 1. The summed E-state index contributed by atoms with van der Waals surface area (Å²) >= 11 is 0. The Balaban J connectivity index is 1.25. The van der Waals surface area contributed by atoms with Crippen LogP contribution in [-0.2, 0) is 19.1 Å². The fraction of sp³-hybridized carbons (Fsp3) is 0.440. The predicted molar refractivity (Wildman–Crippen MR) is 120 cm³/mol. The van der Waals surface area contributed by atoms with Crippen LogP contribution in [0.2, 0.25) is 0 Å². The van der Waals surface area contributed by atoms with Gasteiger partial charge in [0.15, 0.2) is 5.78 Å². The lowest BCUT2D eigenvalue weighted by atomic mass is 10.0. The minimum Gasteiger partial charge on any atom is -0.491 e. The van der Waals surface area contributed by atoms with Crippen LogP contribution < -0.4 is 19.3 Å². The third-order valence-electron chi connectivity index (χ3n) is 6.64. The number of carbonyl (C=O) groups is 2. The topological polar surface area (TPSA) is 84.1 Å². The van der Waals surface area contributed by atoms with Crippen molar-refractivity contribution in [2.24, 2.45) is 0 Å². The van der Waals surface area contributed by atoms with E-state index in [1.54, 1.807) is 4.90 Å². The summed E-state index contributed by atoms with van der Waals surface area (Å²) in [4.78, 5) is 29.6. The molecule has 4 fully saturated rings. The van der Waals surface area contributed by atoms with Crippen LogP contribution in [0.1, 0.15) is 19.3 Å². The number of anilines is 2. The van der Waals surface area contributed by atoms with Gasteiger partial charge in [0, 0.05) is 17.8 Å². The van der Waals surface area contributed by atoms with Gasteiger partial charge in [0.05, 0.1) is 26.2 Å². The molecule has 3 atom stereocenters. The summed E-state index contributed by atoms with van der Waals surface area (Å²) in [7, 11) is 0. The van der Waals surface area contributed by atoms with Gasteiger partial charge in [-0.25, -0.2) is 0 Å². The zero-order valence-electron chi connectivity index (χ0n) is 18.3. The lowest BCUT2D eigenvalue weighted by Crippen LogP contribution is -2.55. The summed E-state index contributed by atoms with van der Waals surface area (Å²) in [6.07, 6.45) is 1.70. The Hall–Kier alpha value is -3.10. The van der Waals surface area contributed by atoms with E-state index in [1.165, 1.54) is 0 Å². The summed E-state index contributed by atoms with van der Waals surface area (Å²) in [6.45, 7) is 2.85. The van der Waals surface area contributed by atoms with Crippen molar-refractivity contribution >= 4 is 23.1 Å². The predicted octanol–water partition coefficient (Wildman–Crippen LogP) is 2.54.